The Balaban J connectivity index is 2.48. The molecular formula is C9H11BN2O4S. The number of aromatic amines is 1. The summed E-state index contributed by atoms with van der Waals surface area (Å²) in [5.74, 6) is 0. The van der Waals surface area contributed by atoms with Crippen molar-refractivity contribution in [2.45, 2.75) is 30.9 Å². The minimum absolute atomic E-state index is 0.0871. The van der Waals surface area contributed by atoms with Gasteiger partial charge in [0.1, 0.15) is 19.6 Å². The topological polar surface area (TPSA) is 87.5 Å². The third-order valence-corrected chi connectivity index (χ3v) is 3.11. The summed E-state index contributed by atoms with van der Waals surface area (Å²) in [6.45, 7) is 1.39. The number of nitrogens with zero attached hydrogens (tertiary/aromatic N) is 1. The molecule has 1 aromatic heterocycles. The monoisotopic (exact) mass is 254 g/mol. The van der Waals surface area contributed by atoms with E-state index in [-0.39, 0.29) is 10.3 Å². The molecule has 2 heterocycles. The van der Waals surface area contributed by atoms with Crippen molar-refractivity contribution in [2.24, 2.45) is 0 Å². The lowest BCUT2D eigenvalue weighted by molar-refractivity contribution is -0.0954. The van der Waals surface area contributed by atoms with Gasteiger partial charge in [-0.1, -0.05) is 0 Å². The molecule has 2 rings (SSSR count). The molecule has 17 heavy (non-hydrogen) atoms. The minimum Gasteiger partial charge on any atom is -0.388 e. The van der Waals surface area contributed by atoms with Gasteiger partial charge in [-0.05, 0) is 19.1 Å². The molecule has 0 aliphatic carbocycles. The SMILES string of the molecule is [B]C1OC(n2ccc(=O)[nH]c2=S)C(C)(O)C1O. The highest BCUT2D eigenvalue weighted by molar-refractivity contribution is 7.71. The van der Waals surface area contributed by atoms with Crippen molar-refractivity contribution in [3.63, 3.8) is 0 Å². The average molecular weight is 254 g/mol. The number of hydrogen-bond donors (Lipinski definition) is 3. The second-order valence-corrected chi connectivity index (χ2v) is 4.53. The maximum absolute atomic E-state index is 11.0. The number of rotatable bonds is 1. The predicted octanol–water partition coefficient (Wildman–Crippen LogP) is -0.959. The molecule has 4 atom stereocenters. The molecule has 1 saturated heterocycles. The van der Waals surface area contributed by atoms with Crippen LogP contribution in [0.4, 0.5) is 0 Å². The fourth-order valence-electron chi connectivity index (χ4n) is 1.80. The molecule has 0 amide bonds. The number of nitrogens with one attached hydrogen (secondary N) is 1. The molecule has 2 radical (unpaired) electrons. The zero-order valence-corrected chi connectivity index (χ0v) is 9.85. The van der Waals surface area contributed by atoms with Crippen LogP contribution in [0.15, 0.2) is 17.1 Å². The van der Waals surface area contributed by atoms with Gasteiger partial charge in [0.2, 0.25) is 0 Å². The Morgan fingerprint density at radius 2 is 2.35 bits per heavy atom. The summed E-state index contributed by atoms with van der Waals surface area (Å²) in [6, 6.07) is 0.231. The molecule has 0 aromatic carbocycles. The van der Waals surface area contributed by atoms with Crippen LogP contribution in [0, 0.1) is 4.77 Å². The van der Waals surface area contributed by atoms with E-state index >= 15 is 0 Å². The molecule has 8 heteroatoms. The summed E-state index contributed by atoms with van der Waals surface area (Å²) in [6.07, 6.45) is -0.802. The van der Waals surface area contributed by atoms with Gasteiger partial charge in [0.15, 0.2) is 11.0 Å². The first-order chi connectivity index (χ1) is 7.84. The summed E-state index contributed by atoms with van der Waals surface area (Å²) in [4.78, 5) is 13.4. The summed E-state index contributed by atoms with van der Waals surface area (Å²) < 4.78 is 6.67. The van der Waals surface area contributed by atoms with Gasteiger partial charge in [0.25, 0.3) is 5.56 Å². The molecule has 1 aliphatic heterocycles. The van der Waals surface area contributed by atoms with Gasteiger partial charge in [-0.25, -0.2) is 0 Å². The van der Waals surface area contributed by atoms with E-state index in [2.05, 4.69) is 4.98 Å². The molecule has 1 aliphatic rings. The van der Waals surface area contributed by atoms with E-state index in [1.165, 1.54) is 23.8 Å². The summed E-state index contributed by atoms with van der Waals surface area (Å²) >= 11 is 4.95. The number of hydrogen-bond acceptors (Lipinski definition) is 5. The van der Waals surface area contributed by atoms with Crippen molar-refractivity contribution >= 4 is 20.1 Å². The zero-order valence-electron chi connectivity index (χ0n) is 9.03. The van der Waals surface area contributed by atoms with E-state index in [0.717, 1.165) is 0 Å². The van der Waals surface area contributed by atoms with Gasteiger partial charge in [0, 0.05) is 18.3 Å². The van der Waals surface area contributed by atoms with Crippen LogP contribution in [-0.2, 0) is 4.74 Å². The summed E-state index contributed by atoms with van der Waals surface area (Å²) in [7, 11) is 5.51. The van der Waals surface area contributed by atoms with E-state index < -0.39 is 23.9 Å². The van der Waals surface area contributed by atoms with E-state index in [1.807, 2.05) is 0 Å². The Hall–Kier alpha value is -0.955. The largest absolute Gasteiger partial charge is 0.388 e. The molecule has 3 N–H and O–H groups in total. The smallest absolute Gasteiger partial charge is 0.251 e. The summed E-state index contributed by atoms with van der Waals surface area (Å²) in [5, 5.41) is 19.8. The predicted molar refractivity (Wildman–Crippen MR) is 62.2 cm³/mol. The van der Waals surface area contributed by atoms with E-state index in [1.54, 1.807) is 0 Å². The third kappa shape index (κ3) is 1.97. The van der Waals surface area contributed by atoms with Gasteiger partial charge < -0.3 is 14.9 Å². The maximum Gasteiger partial charge on any atom is 0.251 e. The zero-order chi connectivity index (χ0) is 12.8. The van der Waals surface area contributed by atoms with Crippen LogP contribution in [0.5, 0.6) is 0 Å². The van der Waals surface area contributed by atoms with Crippen molar-refractivity contribution in [1.82, 2.24) is 9.55 Å². The molecule has 4 unspecified atom stereocenters. The molecule has 6 nitrogen and oxygen atoms in total. The van der Waals surface area contributed by atoms with Crippen LogP contribution in [0.25, 0.3) is 0 Å². The van der Waals surface area contributed by atoms with Crippen molar-refractivity contribution in [1.29, 1.82) is 0 Å². The van der Waals surface area contributed by atoms with Crippen LogP contribution in [0.3, 0.4) is 0 Å². The Bertz CT molecular complexity index is 540. The minimum atomic E-state index is -1.59. The van der Waals surface area contributed by atoms with Gasteiger partial charge >= 0.3 is 0 Å². The molecule has 0 saturated carbocycles. The lowest BCUT2D eigenvalue weighted by Crippen LogP contribution is -2.44. The van der Waals surface area contributed by atoms with Gasteiger partial charge in [-0.2, -0.15) is 0 Å². The van der Waals surface area contributed by atoms with E-state index in [4.69, 9.17) is 24.8 Å². The highest BCUT2D eigenvalue weighted by Crippen LogP contribution is 2.36. The molecule has 0 bridgehead atoms. The van der Waals surface area contributed by atoms with E-state index in [0.29, 0.717) is 0 Å². The molecule has 1 fully saturated rings. The Morgan fingerprint density at radius 3 is 2.82 bits per heavy atom. The summed E-state index contributed by atoms with van der Waals surface area (Å²) in [5.41, 5.74) is -1.94. The number of aromatic nitrogens is 2. The number of aliphatic hydroxyl groups is 2. The fourth-order valence-corrected chi connectivity index (χ4v) is 2.06. The average Bonchev–Trinajstić information content (AvgIpc) is 2.43. The second kappa shape index (κ2) is 4.06. The molecular weight excluding hydrogens is 243 g/mol. The quantitative estimate of drug-likeness (QED) is 0.444. The lowest BCUT2D eigenvalue weighted by Gasteiger charge is -2.28. The first-order valence-electron chi connectivity index (χ1n) is 4.97. The van der Waals surface area contributed by atoms with Crippen LogP contribution in [0.1, 0.15) is 13.2 Å². The Labute approximate surface area is 103 Å². The second-order valence-electron chi connectivity index (χ2n) is 4.14. The first-order valence-corrected chi connectivity index (χ1v) is 5.38. The van der Waals surface area contributed by atoms with Gasteiger partial charge in [-0.3, -0.25) is 14.3 Å². The highest BCUT2D eigenvalue weighted by atomic mass is 32.1. The standard InChI is InChI=1S/C9H11BN2O4S/c1-9(15)5(14)6(10)16-7(9)12-3-2-4(13)11-8(12)17/h2-3,5-7,14-15H,1H3,(H,11,13,17). The molecule has 0 spiro atoms. The number of ether oxygens (including phenoxy) is 1. The molecule has 90 valence electrons. The van der Waals surface area contributed by atoms with Crippen molar-refractivity contribution in [3.05, 3.63) is 27.4 Å². The van der Waals surface area contributed by atoms with Crippen LogP contribution in [0.2, 0.25) is 0 Å². The fraction of sp³-hybridized carbons (Fsp3) is 0.556. The van der Waals surface area contributed by atoms with Gasteiger partial charge in [-0.15, -0.1) is 0 Å². The lowest BCUT2D eigenvalue weighted by atomic mass is 9.87. The first kappa shape index (κ1) is 12.5. The third-order valence-electron chi connectivity index (χ3n) is 2.80. The van der Waals surface area contributed by atoms with Crippen molar-refractivity contribution in [3.8, 4) is 0 Å². The maximum atomic E-state index is 11.0. The Morgan fingerprint density at radius 1 is 1.71 bits per heavy atom. The number of aliphatic hydroxyl groups excluding tert-OH is 1. The highest BCUT2D eigenvalue weighted by Gasteiger charge is 2.50. The van der Waals surface area contributed by atoms with Gasteiger partial charge in [0.05, 0.1) is 0 Å². The number of H-pyrrole nitrogens is 1. The normalized spacial score (nSPS) is 37.2. The van der Waals surface area contributed by atoms with Crippen LogP contribution >= 0.6 is 12.2 Å². The van der Waals surface area contributed by atoms with Crippen molar-refractivity contribution < 1.29 is 14.9 Å². The molecule has 1 aromatic rings. The Kier molecular flexibility index (Phi) is 2.98. The van der Waals surface area contributed by atoms with Crippen LogP contribution < -0.4 is 5.56 Å². The van der Waals surface area contributed by atoms with Crippen molar-refractivity contribution in [2.75, 3.05) is 0 Å². The van der Waals surface area contributed by atoms with Crippen LogP contribution in [-0.4, -0.2) is 45.3 Å². The van der Waals surface area contributed by atoms with E-state index in [9.17, 15) is 15.0 Å².